The Morgan fingerprint density at radius 3 is 2.50 bits per heavy atom. The molecule has 2 atom stereocenters. The van der Waals surface area contributed by atoms with Crippen LogP contribution in [0.1, 0.15) is 40.0 Å². The molecule has 0 bridgehead atoms. The van der Waals surface area contributed by atoms with Crippen LogP contribution in [0.4, 0.5) is 13.6 Å². The first-order valence-corrected chi connectivity index (χ1v) is 5.57. The highest BCUT2D eigenvalue weighted by molar-refractivity contribution is 5.68. The number of alkyl carbamates (subject to hydrolysis) is 1. The smallest absolute Gasteiger partial charge is 0.407 e. The maximum Gasteiger partial charge on any atom is 0.407 e. The van der Waals surface area contributed by atoms with E-state index in [0.29, 0.717) is 12.8 Å². The SMILES string of the molecule is CC(C)(C)OC(=O)N[C@H]1CCC[C@@H]1C(F)F. The first-order valence-electron chi connectivity index (χ1n) is 5.57. The van der Waals surface area contributed by atoms with Crippen molar-refractivity contribution in [3.05, 3.63) is 0 Å². The van der Waals surface area contributed by atoms with Gasteiger partial charge in [-0.05, 0) is 33.6 Å². The third-order valence-electron chi connectivity index (χ3n) is 2.60. The van der Waals surface area contributed by atoms with E-state index in [1.807, 2.05) is 0 Å². The van der Waals surface area contributed by atoms with Crippen LogP contribution < -0.4 is 5.32 Å². The average Bonchev–Trinajstić information content (AvgIpc) is 2.47. The molecule has 0 spiro atoms. The summed E-state index contributed by atoms with van der Waals surface area (Å²) < 4.78 is 30.2. The van der Waals surface area contributed by atoms with E-state index in [1.165, 1.54) is 0 Å². The van der Waals surface area contributed by atoms with Crippen molar-refractivity contribution >= 4 is 6.09 Å². The van der Waals surface area contributed by atoms with Gasteiger partial charge in [-0.25, -0.2) is 13.6 Å². The minimum absolute atomic E-state index is 0.449. The molecule has 0 aliphatic heterocycles. The summed E-state index contributed by atoms with van der Waals surface area (Å²) in [5.74, 6) is -0.729. The van der Waals surface area contributed by atoms with Gasteiger partial charge < -0.3 is 10.1 Å². The van der Waals surface area contributed by atoms with Crippen molar-refractivity contribution < 1.29 is 18.3 Å². The second-order valence-electron chi connectivity index (χ2n) is 5.18. The standard InChI is InChI=1S/C11H19F2NO2/c1-11(2,3)16-10(15)14-8-6-4-5-7(8)9(12)13/h7-9H,4-6H2,1-3H3,(H,14,15)/t7-,8-/m0/s1. The third kappa shape index (κ3) is 3.94. The van der Waals surface area contributed by atoms with Gasteiger partial charge in [0.15, 0.2) is 0 Å². The molecule has 0 aromatic carbocycles. The Morgan fingerprint density at radius 1 is 1.38 bits per heavy atom. The van der Waals surface area contributed by atoms with E-state index in [4.69, 9.17) is 4.74 Å². The summed E-state index contributed by atoms with van der Waals surface area (Å²) >= 11 is 0. The third-order valence-corrected chi connectivity index (χ3v) is 2.60. The molecule has 3 nitrogen and oxygen atoms in total. The van der Waals surface area contributed by atoms with Gasteiger partial charge in [0.25, 0.3) is 0 Å². The van der Waals surface area contributed by atoms with Crippen molar-refractivity contribution in [3.63, 3.8) is 0 Å². The summed E-state index contributed by atoms with van der Waals surface area (Å²) in [6, 6.07) is -0.449. The van der Waals surface area contributed by atoms with E-state index in [0.717, 1.165) is 6.42 Å². The predicted octanol–water partition coefficient (Wildman–Crippen LogP) is 2.94. The summed E-state index contributed by atoms with van der Waals surface area (Å²) in [4.78, 5) is 11.4. The predicted molar refractivity (Wildman–Crippen MR) is 56.5 cm³/mol. The van der Waals surface area contributed by atoms with E-state index in [1.54, 1.807) is 20.8 Å². The van der Waals surface area contributed by atoms with Gasteiger partial charge in [-0.3, -0.25) is 0 Å². The van der Waals surface area contributed by atoms with E-state index in [9.17, 15) is 13.6 Å². The van der Waals surface area contributed by atoms with Crippen molar-refractivity contribution in [1.82, 2.24) is 5.32 Å². The van der Waals surface area contributed by atoms with Crippen molar-refractivity contribution in [3.8, 4) is 0 Å². The molecular weight excluding hydrogens is 216 g/mol. The van der Waals surface area contributed by atoms with E-state index < -0.39 is 30.1 Å². The van der Waals surface area contributed by atoms with Crippen LogP contribution in [0.5, 0.6) is 0 Å². The van der Waals surface area contributed by atoms with Gasteiger partial charge in [-0.15, -0.1) is 0 Å². The lowest BCUT2D eigenvalue weighted by Crippen LogP contribution is -2.42. The molecule has 0 heterocycles. The van der Waals surface area contributed by atoms with Crippen LogP contribution >= 0.6 is 0 Å². The number of hydrogen-bond donors (Lipinski definition) is 1. The molecule has 0 aromatic rings. The molecule has 0 unspecified atom stereocenters. The first-order chi connectivity index (χ1) is 7.29. The largest absolute Gasteiger partial charge is 0.444 e. The van der Waals surface area contributed by atoms with Crippen molar-refractivity contribution in [2.45, 2.75) is 58.1 Å². The molecule has 1 saturated carbocycles. The molecule has 1 amide bonds. The van der Waals surface area contributed by atoms with Crippen LogP contribution in [0.25, 0.3) is 0 Å². The molecule has 1 fully saturated rings. The maximum absolute atomic E-state index is 12.6. The zero-order valence-corrected chi connectivity index (χ0v) is 9.93. The highest BCUT2D eigenvalue weighted by Crippen LogP contribution is 2.30. The minimum atomic E-state index is -2.37. The highest BCUT2D eigenvalue weighted by atomic mass is 19.3. The van der Waals surface area contributed by atoms with Gasteiger partial charge in [0.1, 0.15) is 5.60 Å². The molecule has 0 radical (unpaired) electrons. The molecule has 0 saturated heterocycles. The minimum Gasteiger partial charge on any atom is -0.444 e. The number of alkyl halides is 2. The van der Waals surface area contributed by atoms with E-state index in [-0.39, 0.29) is 0 Å². The van der Waals surface area contributed by atoms with Gasteiger partial charge in [0, 0.05) is 12.0 Å². The average molecular weight is 235 g/mol. The zero-order chi connectivity index (χ0) is 12.3. The van der Waals surface area contributed by atoms with Crippen LogP contribution in [0.2, 0.25) is 0 Å². The Morgan fingerprint density at radius 2 is 2.00 bits per heavy atom. The molecule has 0 aromatic heterocycles. The number of ether oxygens (including phenoxy) is 1. The van der Waals surface area contributed by atoms with Crippen LogP contribution in [-0.4, -0.2) is 24.2 Å². The Kier molecular flexibility index (Phi) is 4.10. The van der Waals surface area contributed by atoms with Crippen LogP contribution in [-0.2, 0) is 4.74 Å². The molecule has 94 valence electrons. The normalized spacial score (nSPS) is 25.9. The number of hydrogen-bond acceptors (Lipinski definition) is 2. The summed E-state index contributed by atoms with van der Waals surface area (Å²) in [6.45, 7) is 5.23. The lowest BCUT2D eigenvalue weighted by Gasteiger charge is -2.24. The zero-order valence-electron chi connectivity index (χ0n) is 9.93. The number of halogens is 2. The van der Waals surface area contributed by atoms with Crippen LogP contribution in [0, 0.1) is 5.92 Å². The number of carbonyl (C=O) groups is 1. The lowest BCUT2D eigenvalue weighted by atomic mass is 10.1. The molecule has 1 aliphatic rings. The monoisotopic (exact) mass is 235 g/mol. The molecule has 16 heavy (non-hydrogen) atoms. The van der Waals surface area contributed by atoms with E-state index >= 15 is 0 Å². The number of nitrogens with one attached hydrogen (secondary N) is 1. The van der Waals surface area contributed by atoms with Gasteiger partial charge in [0.2, 0.25) is 6.43 Å². The quantitative estimate of drug-likeness (QED) is 0.799. The fourth-order valence-electron chi connectivity index (χ4n) is 1.93. The van der Waals surface area contributed by atoms with Crippen LogP contribution in [0.15, 0.2) is 0 Å². The van der Waals surface area contributed by atoms with Gasteiger partial charge in [0.05, 0.1) is 0 Å². The molecule has 5 heteroatoms. The fraction of sp³-hybridized carbons (Fsp3) is 0.909. The Bertz CT molecular complexity index is 251. The first kappa shape index (κ1) is 13.2. The fourth-order valence-corrected chi connectivity index (χ4v) is 1.93. The van der Waals surface area contributed by atoms with Gasteiger partial charge >= 0.3 is 6.09 Å². The van der Waals surface area contributed by atoms with Crippen LogP contribution in [0.3, 0.4) is 0 Å². The molecule has 1 aliphatic carbocycles. The summed E-state index contributed by atoms with van der Waals surface area (Å²) in [7, 11) is 0. The number of rotatable bonds is 2. The molecule has 1 rings (SSSR count). The van der Waals surface area contributed by atoms with E-state index in [2.05, 4.69) is 5.32 Å². The number of amides is 1. The van der Waals surface area contributed by atoms with Crippen molar-refractivity contribution in [2.24, 2.45) is 5.92 Å². The van der Waals surface area contributed by atoms with Gasteiger partial charge in [-0.1, -0.05) is 6.42 Å². The Hall–Kier alpha value is -0.870. The Labute approximate surface area is 94.5 Å². The Balaban J connectivity index is 2.44. The maximum atomic E-state index is 12.6. The molecule has 1 N–H and O–H groups in total. The summed E-state index contributed by atoms with van der Waals surface area (Å²) in [6.07, 6.45) is -1.17. The van der Waals surface area contributed by atoms with Crippen molar-refractivity contribution in [1.29, 1.82) is 0 Å². The van der Waals surface area contributed by atoms with Gasteiger partial charge in [-0.2, -0.15) is 0 Å². The second kappa shape index (κ2) is 4.97. The number of carbonyl (C=O) groups excluding carboxylic acids is 1. The highest BCUT2D eigenvalue weighted by Gasteiger charge is 2.35. The summed E-state index contributed by atoms with van der Waals surface area (Å²) in [5.41, 5.74) is -0.594. The second-order valence-corrected chi connectivity index (χ2v) is 5.18. The lowest BCUT2D eigenvalue weighted by molar-refractivity contribution is 0.0383. The van der Waals surface area contributed by atoms with Crippen molar-refractivity contribution in [2.75, 3.05) is 0 Å². The summed E-state index contributed by atoms with van der Waals surface area (Å²) in [5, 5.41) is 2.53. The molecular formula is C11H19F2NO2. The topological polar surface area (TPSA) is 38.3 Å².